The fourth-order valence-electron chi connectivity index (χ4n) is 6.25. The monoisotopic (exact) mass is 800 g/mol. The van der Waals surface area contributed by atoms with Gasteiger partial charge in [-0.2, -0.15) is 10.5 Å². The maximum Gasteiger partial charge on any atom is 0.123 e. The minimum Gasteiger partial charge on any atom is -0.545 e. The molecule has 0 aliphatic heterocycles. The van der Waals surface area contributed by atoms with E-state index in [0.29, 0.717) is 69.5 Å². The lowest BCUT2D eigenvalue weighted by molar-refractivity contribution is -0.858. The van der Waals surface area contributed by atoms with Crippen LogP contribution in [0.5, 0.6) is 0 Å². The third-order valence-corrected chi connectivity index (χ3v) is 9.13. The molecular weight excluding hydrogens is 750 g/mol. The number of carboxylic acids is 2. The summed E-state index contributed by atoms with van der Waals surface area (Å²) in [7, 11) is 8.16. The molecule has 308 valence electrons. The molecule has 4 aromatic rings. The molecule has 6 N–H and O–H groups in total. The quantitative estimate of drug-likeness (QED) is 0.0817. The van der Waals surface area contributed by atoms with Crippen molar-refractivity contribution in [1.29, 1.82) is 10.5 Å². The van der Waals surface area contributed by atoms with Crippen molar-refractivity contribution in [2.45, 2.75) is 50.1 Å². The van der Waals surface area contributed by atoms with Crippen LogP contribution in [-0.2, 0) is 34.0 Å². The molecule has 2 atom stereocenters. The molecule has 14 heteroatoms. The van der Waals surface area contributed by atoms with Gasteiger partial charge in [-0.05, 0) is 120 Å². The second-order valence-electron chi connectivity index (χ2n) is 14.1. The van der Waals surface area contributed by atoms with E-state index < -0.39 is 23.1 Å². The van der Waals surface area contributed by atoms with E-state index in [1.54, 1.807) is 60.7 Å². The molecule has 4 rings (SSSR count). The predicted molar refractivity (Wildman–Crippen MR) is 206 cm³/mol. The smallest absolute Gasteiger partial charge is 0.123 e. The van der Waals surface area contributed by atoms with E-state index in [9.17, 15) is 49.0 Å². The van der Waals surface area contributed by atoms with Crippen molar-refractivity contribution in [2.24, 2.45) is 0 Å². The summed E-state index contributed by atoms with van der Waals surface area (Å²) in [4.78, 5) is 21.4. The summed E-state index contributed by atoms with van der Waals surface area (Å²) < 4.78 is 26.6. The largest absolute Gasteiger partial charge is 0.545 e. The Bertz CT molecular complexity index is 1920. The summed E-state index contributed by atoms with van der Waals surface area (Å²) >= 11 is 0. The van der Waals surface area contributed by atoms with Gasteiger partial charge in [0.25, 0.3) is 0 Å². The topological polar surface area (TPSA) is 218 Å². The predicted octanol–water partition coefficient (Wildman–Crippen LogP) is -0.257. The Morgan fingerprint density at radius 2 is 0.966 bits per heavy atom. The van der Waals surface area contributed by atoms with E-state index >= 15 is 0 Å². The Morgan fingerprint density at radius 1 is 0.638 bits per heavy atom. The van der Waals surface area contributed by atoms with Crippen LogP contribution in [0.25, 0.3) is 0 Å². The number of nitrogens with one attached hydrogen (secondary N) is 2. The van der Waals surface area contributed by atoms with E-state index in [-0.39, 0.29) is 24.8 Å². The lowest BCUT2D eigenvalue weighted by atomic mass is 9.80. The number of carbonyl (C=O) groups is 2. The number of benzene rings is 4. The number of aliphatic hydroxyl groups is 4. The second-order valence-corrected chi connectivity index (χ2v) is 14.1. The molecule has 0 aliphatic rings. The van der Waals surface area contributed by atoms with Gasteiger partial charge in [-0.3, -0.25) is 0 Å². The second kappa shape index (κ2) is 23.4. The highest BCUT2D eigenvalue weighted by atomic mass is 19.1. The van der Waals surface area contributed by atoms with Crippen molar-refractivity contribution in [3.05, 3.63) is 153 Å². The average molecular weight is 801 g/mol. The molecule has 0 saturated carbocycles. The number of hydrogen-bond acceptors (Lipinski definition) is 10. The van der Waals surface area contributed by atoms with Gasteiger partial charge < -0.3 is 50.0 Å². The van der Waals surface area contributed by atoms with Gasteiger partial charge in [0.15, 0.2) is 0 Å². The normalized spacial score (nSPS) is 12.9. The van der Waals surface area contributed by atoms with Crippen LogP contribution in [-0.4, -0.2) is 73.6 Å². The van der Waals surface area contributed by atoms with Gasteiger partial charge in [0.1, 0.15) is 22.8 Å². The lowest BCUT2D eigenvalue weighted by Gasteiger charge is -2.31. The minimum atomic E-state index is -1.55. The first kappa shape index (κ1) is 48.3. The van der Waals surface area contributed by atoms with Crippen LogP contribution in [0.2, 0.25) is 0 Å². The highest BCUT2D eigenvalue weighted by Gasteiger charge is 2.35. The first-order valence-corrected chi connectivity index (χ1v) is 18.4. The third kappa shape index (κ3) is 14.6. The van der Waals surface area contributed by atoms with Crippen molar-refractivity contribution in [1.82, 2.24) is 0 Å². The molecule has 0 amide bonds. The van der Waals surface area contributed by atoms with Crippen molar-refractivity contribution in [3.8, 4) is 12.1 Å². The van der Waals surface area contributed by atoms with Gasteiger partial charge in [-0.1, -0.05) is 36.4 Å². The zero-order valence-electron chi connectivity index (χ0n) is 33.0. The summed E-state index contributed by atoms with van der Waals surface area (Å²) in [6.07, 6.45) is 3.14. The molecule has 4 aromatic carbocycles. The number of rotatable bonds is 16. The molecule has 0 fully saturated rings. The molecule has 0 radical (unpaired) electrons. The van der Waals surface area contributed by atoms with Gasteiger partial charge in [0, 0.05) is 0 Å². The molecule has 0 spiro atoms. The SMILES string of the molecule is C[NH+](C)CCC[C@@](O)(c1ccc(F)cc1)c1ccc(C#N)cc1CO.C[NH+](C)CCC[C@](O)(c1ccc(F)cc1)c1ccc(C#N)cc1CO.O=C([O-])/C=C/C(=O)[O-]. The van der Waals surface area contributed by atoms with E-state index in [1.807, 2.05) is 40.3 Å². The Morgan fingerprint density at radius 3 is 1.22 bits per heavy atom. The van der Waals surface area contributed by atoms with Crippen LogP contribution in [0.3, 0.4) is 0 Å². The number of aliphatic carboxylic acids is 2. The van der Waals surface area contributed by atoms with Crippen molar-refractivity contribution in [3.63, 3.8) is 0 Å². The molecule has 0 unspecified atom stereocenters. The van der Waals surface area contributed by atoms with Gasteiger partial charge in [0.05, 0.1) is 89.7 Å². The number of halogens is 2. The maximum absolute atomic E-state index is 13.3. The van der Waals surface area contributed by atoms with Crippen molar-refractivity contribution in [2.75, 3.05) is 41.3 Å². The Hall–Kier alpha value is -5.84. The van der Waals surface area contributed by atoms with E-state index in [0.717, 1.165) is 25.9 Å². The molecule has 0 heterocycles. The molecule has 58 heavy (non-hydrogen) atoms. The average Bonchev–Trinajstić information content (AvgIpc) is 3.20. The van der Waals surface area contributed by atoms with E-state index in [4.69, 9.17) is 10.5 Å². The number of quaternary nitrogens is 2. The fourth-order valence-corrected chi connectivity index (χ4v) is 6.25. The number of aliphatic hydroxyl groups excluding tert-OH is 2. The Balaban J connectivity index is 0.000000337. The standard InChI is InChI=1S/2C20H23FN2O2.C4H4O4/c2*1-23(2)11-3-10-20(25,17-5-7-18(21)8-6-17)19-9-4-15(13-22)12-16(19)14-24;5-3(6)1-2-4(7)8/h2*4-9,12,24-25H,3,10-11,14H2,1-2H3;1-2H,(H,5,6)(H,7,8)/b;;2-1+/t2*20-;/m10./s1. The maximum atomic E-state index is 13.3. The van der Waals surface area contributed by atoms with Crippen molar-refractivity contribution < 1.29 is 58.8 Å². The Kier molecular flexibility index (Phi) is 19.5. The number of hydrogen-bond donors (Lipinski definition) is 6. The fraction of sp³-hybridized carbons (Fsp3) is 0.318. The zero-order valence-corrected chi connectivity index (χ0v) is 33.0. The van der Waals surface area contributed by atoms with Gasteiger partial charge >= 0.3 is 0 Å². The molecular formula is C44H50F2N4O8. The summed E-state index contributed by atoms with van der Waals surface area (Å²) in [5, 5.41) is 79.4. The van der Waals surface area contributed by atoms with Crippen LogP contribution in [0, 0.1) is 34.3 Å². The van der Waals surface area contributed by atoms with Gasteiger partial charge in [-0.15, -0.1) is 0 Å². The third-order valence-electron chi connectivity index (χ3n) is 9.13. The first-order valence-electron chi connectivity index (χ1n) is 18.4. The van der Waals surface area contributed by atoms with Gasteiger partial charge in [-0.25, -0.2) is 8.78 Å². The number of nitriles is 2. The van der Waals surface area contributed by atoms with E-state index in [2.05, 4.69) is 0 Å². The molecule has 0 saturated heterocycles. The molecule has 12 nitrogen and oxygen atoms in total. The molecule has 0 bridgehead atoms. The highest BCUT2D eigenvalue weighted by molar-refractivity contribution is 5.87. The van der Waals surface area contributed by atoms with Crippen LogP contribution in [0.1, 0.15) is 70.2 Å². The zero-order chi connectivity index (χ0) is 43.5. The molecule has 0 aliphatic carbocycles. The van der Waals surface area contributed by atoms with Gasteiger partial charge in [0.2, 0.25) is 0 Å². The summed E-state index contributed by atoms with van der Waals surface area (Å²) in [5.41, 5.74) is 1.39. The first-order chi connectivity index (χ1) is 27.4. The van der Waals surface area contributed by atoms with Crippen LogP contribution in [0.4, 0.5) is 8.78 Å². The highest BCUT2D eigenvalue weighted by Crippen LogP contribution is 2.38. The number of carbonyl (C=O) groups excluding carboxylic acids is 2. The summed E-state index contributed by atoms with van der Waals surface area (Å²) in [5.74, 6) is -3.83. The number of nitrogens with zero attached hydrogens (tertiary/aromatic N) is 2. The van der Waals surface area contributed by atoms with Crippen LogP contribution >= 0.6 is 0 Å². The van der Waals surface area contributed by atoms with Crippen LogP contribution in [0.15, 0.2) is 97.1 Å². The minimum absolute atomic E-state index is 0.284. The van der Waals surface area contributed by atoms with Crippen LogP contribution < -0.4 is 20.0 Å². The van der Waals surface area contributed by atoms with E-state index in [1.165, 1.54) is 34.1 Å². The Labute approximate surface area is 337 Å². The number of carboxylic acid groups (broad SMARTS) is 2. The summed E-state index contributed by atoms with van der Waals surface area (Å²) in [6.45, 7) is 1.17. The van der Waals surface area contributed by atoms with Crippen molar-refractivity contribution >= 4 is 11.9 Å². The summed E-state index contributed by atoms with van der Waals surface area (Å²) in [6, 6.07) is 25.4. The molecule has 0 aromatic heterocycles. The lowest BCUT2D eigenvalue weighted by Crippen LogP contribution is -3.05.